The van der Waals surface area contributed by atoms with Crippen LogP contribution in [0.5, 0.6) is 0 Å². The molecule has 0 fully saturated rings. The van der Waals surface area contributed by atoms with E-state index in [2.05, 4.69) is 21.7 Å². The van der Waals surface area contributed by atoms with E-state index < -0.39 is 20.2 Å². The van der Waals surface area contributed by atoms with Gasteiger partial charge >= 0.3 is 5.97 Å². The molecule has 9 heteroatoms. The quantitative estimate of drug-likeness (QED) is 0.0822. The number of rotatable bonds is 15. The first kappa shape index (κ1) is 26.0. The molecule has 0 aliphatic heterocycles. The van der Waals surface area contributed by atoms with Crippen LogP contribution in [0.1, 0.15) is 46.5 Å². The minimum atomic E-state index is -1.54. The molecule has 158 valence electrons. The van der Waals surface area contributed by atoms with Gasteiger partial charge in [-0.1, -0.05) is 38.5 Å². The van der Waals surface area contributed by atoms with Crippen molar-refractivity contribution in [3.8, 4) is 0 Å². The van der Waals surface area contributed by atoms with Crippen LogP contribution in [0.25, 0.3) is 0 Å². The summed E-state index contributed by atoms with van der Waals surface area (Å²) in [6.07, 6.45) is 8.47. The van der Waals surface area contributed by atoms with Gasteiger partial charge in [-0.05, 0) is 25.3 Å². The molecule has 1 unspecified atom stereocenters. The molecule has 0 spiro atoms. The van der Waals surface area contributed by atoms with Gasteiger partial charge in [0.15, 0.2) is 8.30 Å². The zero-order chi connectivity index (χ0) is 21.4. The molecular weight excluding hydrogens is 381 g/mol. The fraction of sp³-hybridized carbons (Fsp3) is 0.579. The van der Waals surface area contributed by atoms with Crippen molar-refractivity contribution in [1.29, 1.82) is 0 Å². The third kappa shape index (κ3) is 10.9. The molecule has 0 bridgehead atoms. The van der Waals surface area contributed by atoms with Gasteiger partial charge in [0.1, 0.15) is 12.3 Å². The average Bonchev–Trinajstić information content (AvgIpc) is 2.70. The zero-order valence-corrected chi connectivity index (χ0v) is 18.2. The molecular formula is C19H32N3O5P. The summed E-state index contributed by atoms with van der Waals surface area (Å²) in [5, 5.41) is 6.65. The third-order valence-corrected chi connectivity index (χ3v) is 5.18. The molecule has 0 heterocycles. The van der Waals surface area contributed by atoms with E-state index in [9.17, 15) is 14.5 Å². The number of unbranched alkanes of at least 4 members (excludes halogenated alkanes) is 1. The Bertz CT molecular complexity index is 578. The fourth-order valence-electron chi connectivity index (χ4n) is 2.05. The molecule has 0 radical (unpaired) electrons. The minimum Gasteiger partial charge on any atom is -0.468 e. The number of nitrogens with zero attached hydrogens (tertiary/aromatic N) is 2. The molecule has 0 aliphatic carbocycles. The molecule has 8 nitrogen and oxygen atoms in total. The van der Waals surface area contributed by atoms with Gasteiger partial charge in [0.05, 0.1) is 18.6 Å². The highest BCUT2D eigenvalue weighted by Crippen LogP contribution is 2.37. The van der Waals surface area contributed by atoms with Gasteiger partial charge in [-0.3, -0.25) is 14.7 Å². The van der Waals surface area contributed by atoms with Gasteiger partial charge in [-0.2, -0.15) is 5.01 Å². The summed E-state index contributed by atoms with van der Waals surface area (Å²) in [6.45, 7) is 9.65. The highest BCUT2D eigenvalue weighted by Gasteiger charge is 2.23. The van der Waals surface area contributed by atoms with Crippen molar-refractivity contribution in [2.24, 2.45) is 5.29 Å². The molecule has 1 amide bonds. The van der Waals surface area contributed by atoms with E-state index in [1.807, 2.05) is 32.9 Å². The molecule has 0 aromatic rings. The zero-order valence-electron chi connectivity index (χ0n) is 17.3. The second kappa shape index (κ2) is 16.0. The van der Waals surface area contributed by atoms with E-state index in [0.29, 0.717) is 18.6 Å². The van der Waals surface area contributed by atoms with Crippen LogP contribution in [0.3, 0.4) is 0 Å². The van der Waals surface area contributed by atoms with Gasteiger partial charge in [-0.15, -0.1) is 11.5 Å². The summed E-state index contributed by atoms with van der Waals surface area (Å²) < 4.78 is 10.6. The molecule has 0 saturated carbocycles. The number of allylic oxidation sites excluding steroid dienone is 5. The van der Waals surface area contributed by atoms with Crippen molar-refractivity contribution in [3.05, 3.63) is 41.0 Å². The Morgan fingerprint density at radius 1 is 1.32 bits per heavy atom. The predicted molar refractivity (Wildman–Crippen MR) is 112 cm³/mol. The monoisotopic (exact) mass is 413 g/mol. The first-order chi connectivity index (χ1) is 13.4. The van der Waals surface area contributed by atoms with E-state index in [1.54, 1.807) is 6.08 Å². The Labute approximate surface area is 168 Å². The van der Waals surface area contributed by atoms with Crippen molar-refractivity contribution in [3.63, 3.8) is 0 Å². The lowest BCUT2D eigenvalue weighted by Gasteiger charge is -2.22. The Balaban J connectivity index is 5.29. The predicted octanol–water partition coefficient (Wildman–Crippen LogP) is 4.20. The van der Waals surface area contributed by atoms with Crippen LogP contribution in [0, 0.1) is 4.91 Å². The number of amides is 1. The number of esters is 1. The SMILES string of the molecule is C=CC/C=C\C(C)=C(/CC)OP(CC(=O)N(CCCC)N=O)NCC(=O)OC. The molecule has 0 aromatic carbocycles. The molecule has 0 aromatic heterocycles. The van der Waals surface area contributed by atoms with Crippen molar-refractivity contribution in [2.45, 2.75) is 46.5 Å². The number of hydrogen-bond acceptors (Lipinski definition) is 7. The second-order valence-corrected chi connectivity index (χ2v) is 7.45. The molecule has 0 saturated heterocycles. The van der Waals surface area contributed by atoms with Gasteiger partial charge < -0.3 is 9.26 Å². The summed E-state index contributed by atoms with van der Waals surface area (Å²) in [4.78, 5) is 34.9. The van der Waals surface area contributed by atoms with Crippen LogP contribution in [0.2, 0.25) is 0 Å². The van der Waals surface area contributed by atoms with Crippen LogP contribution in [0.15, 0.2) is 41.4 Å². The number of ether oxygens (including phenoxy) is 1. The smallest absolute Gasteiger partial charge is 0.320 e. The number of hydrogen-bond donors (Lipinski definition) is 1. The van der Waals surface area contributed by atoms with E-state index in [0.717, 1.165) is 23.4 Å². The maximum absolute atomic E-state index is 12.4. The van der Waals surface area contributed by atoms with Crippen molar-refractivity contribution >= 4 is 20.2 Å². The number of methoxy groups -OCH3 is 1. The fourth-order valence-corrected chi connectivity index (χ4v) is 3.55. The van der Waals surface area contributed by atoms with Gasteiger partial charge in [-0.25, -0.2) is 0 Å². The Kier molecular flexibility index (Phi) is 14.8. The second-order valence-electron chi connectivity index (χ2n) is 5.88. The van der Waals surface area contributed by atoms with E-state index in [4.69, 9.17) is 4.52 Å². The van der Waals surface area contributed by atoms with Gasteiger partial charge in [0, 0.05) is 13.0 Å². The summed E-state index contributed by atoms with van der Waals surface area (Å²) in [6, 6.07) is 0. The largest absolute Gasteiger partial charge is 0.468 e. The highest BCUT2D eigenvalue weighted by atomic mass is 31.2. The van der Waals surface area contributed by atoms with Gasteiger partial charge in [0.2, 0.25) is 0 Å². The number of carbonyl (C=O) groups is 2. The summed E-state index contributed by atoms with van der Waals surface area (Å²) in [5.41, 5.74) is 0.917. The highest BCUT2D eigenvalue weighted by molar-refractivity contribution is 7.51. The van der Waals surface area contributed by atoms with Crippen LogP contribution in [-0.2, 0) is 18.8 Å². The number of nitrogens with one attached hydrogen (secondary N) is 1. The molecule has 1 N–H and O–H groups in total. The number of carbonyl (C=O) groups excluding carboxylic acids is 2. The van der Waals surface area contributed by atoms with Crippen LogP contribution < -0.4 is 5.09 Å². The van der Waals surface area contributed by atoms with Crippen LogP contribution >= 0.6 is 8.30 Å². The Morgan fingerprint density at radius 2 is 2.04 bits per heavy atom. The van der Waals surface area contributed by atoms with Crippen LogP contribution in [-0.4, -0.2) is 43.2 Å². The van der Waals surface area contributed by atoms with Gasteiger partial charge in [0.25, 0.3) is 5.91 Å². The van der Waals surface area contributed by atoms with Crippen LogP contribution in [0.4, 0.5) is 0 Å². The normalized spacial score (nSPS) is 12.9. The maximum Gasteiger partial charge on any atom is 0.320 e. The van der Waals surface area contributed by atoms with E-state index >= 15 is 0 Å². The van der Waals surface area contributed by atoms with Crippen molar-refractivity contribution in [2.75, 3.05) is 26.4 Å². The van der Waals surface area contributed by atoms with E-state index in [-0.39, 0.29) is 19.3 Å². The molecule has 1 atom stereocenters. The Morgan fingerprint density at radius 3 is 2.57 bits per heavy atom. The Hall–Kier alpha value is -2.05. The number of nitroso groups, excluding NO2 is 1. The van der Waals surface area contributed by atoms with Crippen molar-refractivity contribution < 1.29 is 18.8 Å². The maximum atomic E-state index is 12.4. The third-order valence-electron chi connectivity index (χ3n) is 3.67. The summed E-state index contributed by atoms with van der Waals surface area (Å²) >= 11 is 0. The summed E-state index contributed by atoms with van der Waals surface area (Å²) in [5.74, 6) is -0.206. The van der Waals surface area contributed by atoms with E-state index in [1.165, 1.54) is 7.11 Å². The minimum absolute atomic E-state index is 0.0745. The average molecular weight is 413 g/mol. The topological polar surface area (TPSA) is 97.3 Å². The first-order valence-electron chi connectivity index (χ1n) is 9.29. The first-order valence-corrected chi connectivity index (χ1v) is 10.7. The molecule has 0 rings (SSSR count). The lowest BCUT2D eigenvalue weighted by atomic mass is 10.2. The lowest BCUT2D eigenvalue weighted by molar-refractivity contribution is -0.139. The molecule has 28 heavy (non-hydrogen) atoms. The van der Waals surface area contributed by atoms with Crippen molar-refractivity contribution in [1.82, 2.24) is 10.1 Å². The standard InChI is InChI=1S/C19H32N3O5P/c1-6-9-11-12-16(4)17(8-3)27-28(20-14-19(24)26-5)15-18(23)22(21-25)13-10-7-2/h6,11-12,20H,1,7-10,13-15H2,2-5H3/b12-11-,17-16+. The lowest BCUT2D eigenvalue weighted by Crippen LogP contribution is -2.31. The molecule has 0 aliphatic rings. The summed E-state index contributed by atoms with van der Waals surface area (Å²) in [7, 11) is -0.256.